The van der Waals surface area contributed by atoms with Crippen LogP contribution in [-0.4, -0.2) is 8.42 Å². The predicted octanol–water partition coefficient (Wildman–Crippen LogP) is 2.75. The fourth-order valence-corrected chi connectivity index (χ4v) is 2.77. The van der Waals surface area contributed by atoms with E-state index in [-0.39, 0.29) is 17.0 Å². The minimum atomic E-state index is -3.63. The van der Waals surface area contributed by atoms with Gasteiger partial charge in [0, 0.05) is 12.1 Å². The van der Waals surface area contributed by atoms with Crippen molar-refractivity contribution in [2.45, 2.75) is 30.8 Å². The minimum Gasteiger partial charge on any atom is -0.304 e. The van der Waals surface area contributed by atoms with Crippen LogP contribution in [-0.2, 0) is 10.0 Å². The first-order chi connectivity index (χ1) is 9.88. The van der Waals surface area contributed by atoms with Gasteiger partial charge in [-0.15, -0.1) is 0 Å². The maximum absolute atomic E-state index is 11.2. The van der Waals surface area contributed by atoms with E-state index in [1.807, 2.05) is 25.1 Å². The summed E-state index contributed by atoms with van der Waals surface area (Å²) in [7, 11) is -3.63. The lowest BCUT2D eigenvalue weighted by Gasteiger charge is -2.21. The molecule has 0 bridgehead atoms. The van der Waals surface area contributed by atoms with Crippen molar-refractivity contribution < 1.29 is 8.42 Å². The molecule has 2 atom stereocenters. The van der Waals surface area contributed by atoms with Crippen LogP contribution in [0, 0.1) is 0 Å². The van der Waals surface area contributed by atoms with Crippen LogP contribution in [0.4, 0.5) is 0 Å². The van der Waals surface area contributed by atoms with Crippen molar-refractivity contribution in [3.05, 3.63) is 65.7 Å². The van der Waals surface area contributed by atoms with Crippen molar-refractivity contribution in [1.82, 2.24) is 5.32 Å². The van der Waals surface area contributed by atoms with Crippen molar-refractivity contribution in [3.8, 4) is 0 Å². The second-order valence-electron chi connectivity index (χ2n) is 5.13. The SMILES string of the molecule is CC(N[C@@H](C)c1ccccc1)c1ccc(S(N)(=O)=O)cc1. The largest absolute Gasteiger partial charge is 0.304 e. The lowest BCUT2D eigenvalue weighted by Crippen LogP contribution is -2.22. The average molecular weight is 304 g/mol. The molecule has 0 saturated heterocycles. The normalized spacial score (nSPS) is 14.6. The number of sulfonamides is 1. The van der Waals surface area contributed by atoms with E-state index < -0.39 is 10.0 Å². The average Bonchev–Trinajstić information content (AvgIpc) is 2.47. The Balaban J connectivity index is 2.08. The molecule has 0 aliphatic rings. The Morgan fingerprint density at radius 3 is 1.81 bits per heavy atom. The molecule has 0 fully saturated rings. The Hall–Kier alpha value is -1.69. The maximum atomic E-state index is 11.2. The van der Waals surface area contributed by atoms with Crippen LogP contribution < -0.4 is 10.5 Å². The standard InChI is InChI=1S/C16H20N2O2S/c1-12(14-6-4-3-5-7-14)18-13(2)15-8-10-16(11-9-15)21(17,19)20/h3-13,18H,1-2H3,(H2,17,19,20)/t12-,13?/m0/s1. The van der Waals surface area contributed by atoms with E-state index in [0.29, 0.717) is 0 Å². The van der Waals surface area contributed by atoms with Crippen LogP contribution in [0.5, 0.6) is 0 Å². The smallest absolute Gasteiger partial charge is 0.238 e. The number of hydrogen-bond acceptors (Lipinski definition) is 3. The number of nitrogens with two attached hydrogens (primary N) is 1. The maximum Gasteiger partial charge on any atom is 0.238 e. The third-order valence-electron chi connectivity index (χ3n) is 3.51. The number of rotatable bonds is 5. The molecule has 0 spiro atoms. The van der Waals surface area contributed by atoms with Gasteiger partial charge in [0.05, 0.1) is 4.90 Å². The molecule has 0 saturated carbocycles. The summed E-state index contributed by atoms with van der Waals surface area (Å²) in [5.74, 6) is 0. The van der Waals surface area contributed by atoms with Gasteiger partial charge in [-0.25, -0.2) is 13.6 Å². The van der Waals surface area contributed by atoms with Gasteiger partial charge < -0.3 is 5.32 Å². The first kappa shape index (κ1) is 15.7. The van der Waals surface area contributed by atoms with E-state index in [9.17, 15) is 8.42 Å². The zero-order chi connectivity index (χ0) is 15.5. The van der Waals surface area contributed by atoms with E-state index in [1.54, 1.807) is 12.1 Å². The predicted molar refractivity (Wildman–Crippen MR) is 84.2 cm³/mol. The number of hydrogen-bond donors (Lipinski definition) is 2. The number of benzene rings is 2. The van der Waals surface area contributed by atoms with Crippen LogP contribution >= 0.6 is 0 Å². The molecule has 0 aliphatic heterocycles. The number of primary sulfonamides is 1. The molecule has 21 heavy (non-hydrogen) atoms. The highest BCUT2D eigenvalue weighted by atomic mass is 32.2. The molecule has 5 heteroatoms. The second kappa shape index (κ2) is 6.39. The highest BCUT2D eigenvalue weighted by molar-refractivity contribution is 7.89. The Labute approximate surface area is 126 Å². The molecule has 2 aromatic carbocycles. The number of nitrogens with one attached hydrogen (secondary N) is 1. The van der Waals surface area contributed by atoms with Crippen molar-refractivity contribution >= 4 is 10.0 Å². The summed E-state index contributed by atoms with van der Waals surface area (Å²) < 4.78 is 22.5. The molecule has 4 nitrogen and oxygen atoms in total. The van der Waals surface area contributed by atoms with Crippen molar-refractivity contribution in [1.29, 1.82) is 0 Å². The lowest BCUT2D eigenvalue weighted by molar-refractivity contribution is 0.494. The molecular weight excluding hydrogens is 284 g/mol. The summed E-state index contributed by atoms with van der Waals surface area (Å²) in [5, 5.41) is 8.59. The van der Waals surface area contributed by atoms with Gasteiger partial charge in [0.2, 0.25) is 10.0 Å². The molecule has 2 rings (SSSR count). The molecule has 1 unspecified atom stereocenters. The van der Waals surface area contributed by atoms with E-state index in [4.69, 9.17) is 5.14 Å². The van der Waals surface area contributed by atoms with Crippen molar-refractivity contribution in [2.75, 3.05) is 0 Å². The molecule has 0 aliphatic carbocycles. The van der Waals surface area contributed by atoms with Crippen LogP contribution in [0.25, 0.3) is 0 Å². The zero-order valence-electron chi connectivity index (χ0n) is 12.2. The summed E-state index contributed by atoms with van der Waals surface area (Å²) in [6.45, 7) is 4.15. The van der Waals surface area contributed by atoms with Crippen LogP contribution in [0.2, 0.25) is 0 Å². The van der Waals surface area contributed by atoms with Gasteiger partial charge in [0.15, 0.2) is 0 Å². The topological polar surface area (TPSA) is 72.2 Å². The van der Waals surface area contributed by atoms with E-state index in [2.05, 4.69) is 24.4 Å². The summed E-state index contributed by atoms with van der Waals surface area (Å²) in [4.78, 5) is 0.134. The van der Waals surface area contributed by atoms with E-state index in [0.717, 1.165) is 5.56 Å². The third kappa shape index (κ3) is 4.14. The van der Waals surface area contributed by atoms with Crippen LogP contribution in [0.3, 0.4) is 0 Å². The highest BCUT2D eigenvalue weighted by Crippen LogP contribution is 2.20. The Bertz CT molecular complexity index is 682. The van der Waals surface area contributed by atoms with Crippen LogP contribution in [0.15, 0.2) is 59.5 Å². The lowest BCUT2D eigenvalue weighted by atomic mass is 10.0. The highest BCUT2D eigenvalue weighted by Gasteiger charge is 2.12. The monoisotopic (exact) mass is 304 g/mol. The molecule has 2 aromatic rings. The Kier molecular flexibility index (Phi) is 4.77. The molecule has 112 valence electrons. The first-order valence-corrected chi connectivity index (χ1v) is 8.36. The van der Waals surface area contributed by atoms with Crippen molar-refractivity contribution in [2.24, 2.45) is 5.14 Å². The van der Waals surface area contributed by atoms with Gasteiger partial charge in [0.25, 0.3) is 0 Å². The minimum absolute atomic E-state index is 0.106. The zero-order valence-corrected chi connectivity index (χ0v) is 13.0. The molecule has 0 heterocycles. The molecule has 3 N–H and O–H groups in total. The summed E-state index contributed by atoms with van der Waals surface area (Å²) in [6, 6.07) is 17.1. The summed E-state index contributed by atoms with van der Waals surface area (Å²) in [5.41, 5.74) is 2.23. The van der Waals surface area contributed by atoms with Crippen molar-refractivity contribution in [3.63, 3.8) is 0 Å². The van der Waals surface area contributed by atoms with Crippen LogP contribution in [0.1, 0.15) is 37.1 Å². The molecule has 0 amide bonds. The van der Waals surface area contributed by atoms with E-state index in [1.165, 1.54) is 17.7 Å². The second-order valence-corrected chi connectivity index (χ2v) is 6.70. The molecule has 0 aromatic heterocycles. The van der Waals surface area contributed by atoms with Gasteiger partial charge >= 0.3 is 0 Å². The first-order valence-electron chi connectivity index (χ1n) is 6.81. The Morgan fingerprint density at radius 2 is 1.33 bits per heavy atom. The van der Waals surface area contributed by atoms with Gasteiger partial charge in [-0.2, -0.15) is 0 Å². The van der Waals surface area contributed by atoms with Gasteiger partial charge in [-0.3, -0.25) is 0 Å². The fourth-order valence-electron chi connectivity index (χ4n) is 2.26. The van der Waals surface area contributed by atoms with E-state index >= 15 is 0 Å². The molecule has 0 radical (unpaired) electrons. The van der Waals surface area contributed by atoms with Gasteiger partial charge in [0.1, 0.15) is 0 Å². The summed E-state index contributed by atoms with van der Waals surface area (Å²) >= 11 is 0. The van der Waals surface area contributed by atoms with Gasteiger partial charge in [-0.05, 0) is 37.1 Å². The third-order valence-corrected chi connectivity index (χ3v) is 4.44. The molecular formula is C16H20N2O2S. The quantitative estimate of drug-likeness (QED) is 0.892. The van der Waals surface area contributed by atoms with Gasteiger partial charge in [-0.1, -0.05) is 42.5 Å². The summed E-state index contributed by atoms with van der Waals surface area (Å²) in [6.07, 6.45) is 0. The Morgan fingerprint density at radius 1 is 0.857 bits per heavy atom. The fraction of sp³-hybridized carbons (Fsp3) is 0.250.